The van der Waals surface area contributed by atoms with Gasteiger partial charge in [-0.3, -0.25) is 0 Å². The van der Waals surface area contributed by atoms with Gasteiger partial charge >= 0.3 is 0 Å². The number of methoxy groups -OCH3 is 1. The summed E-state index contributed by atoms with van der Waals surface area (Å²) in [4.78, 5) is 4.79. The number of pyridine rings is 1. The second-order valence-corrected chi connectivity index (χ2v) is 4.85. The molecule has 0 aliphatic carbocycles. The molecule has 20 heavy (non-hydrogen) atoms. The van der Waals surface area contributed by atoms with Crippen LogP contribution in [-0.4, -0.2) is 17.1 Å². The van der Waals surface area contributed by atoms with Gasteiger partial charge in [0.2, 0.25) is 0 Å². The van der Waals surface area contributed by atoms with Gasteiger partial charge in [-0.1, -0.05) is 30.4 Å². The first kappa shape index (κ1) is 14.3. The van der Waals surface area contributed by atoms with Gasteiger partial charge in [0, 0.05) is 23.4 Å². The van der Waals surface area contributed by atoms with Gasteiger partial charge < -0.3 is 15.8 Å². The van der Waals surface area contributed by atoms with Crippen LogP contribution in [0.1, 0.15) is 16.8 Å². The number of nitrogens with two attached hydrogens (primary N) is 1. The molecule has 1 aromatic carbocycles. The molecule has 1 aromatic heterocycles. The maximum absolute atomic E-state index is 5.66. The molecule has 0 spiro atoms. The first-order chi connectivity index (χ1) is 9.60. The van der Waals surface area contributed by atoms with Crippen LogP contribution in [0.5, 0.6) is 5.75 Å². The van der Waals surface area contributed by atoms with Crippen molar-refractivity contribution in [3.8, 4) is 5.75 Å². The Morgan fingerprint density at radius 1 is 1.35 bits per heavy atom. The average molecular weight is 287 g/mol. The summed E-state index contributed by atoms with van der Waals surface area (Å²) < 4.78 is 5.32. The van der Waals surface area contributed by atoms with E-state index in [-0.39, 0.29) is 0 Å². The molecule has 2 rings (SSSR count). The van der Waals surface area contributed by atoms with E-state index in [1.807, 2.05) is 43.3 Å². The van der Waals surface area contributed by atoms with E-state index in [1.165, 1.54) is 0 Å². The van der Waals surface area contributed by atoms with Gasteiger partial charge in [-0.05, 0) is 25.1 Å². The van der Waals surface area contributed by atoms with Crippen LogP contribution < -0.4 is 15.8 Å². The highest BCUT2D eigenvalue weighted by Gasteiger charge is 2.05. The van der Waals surface area contributed by atoms with E-state index in [9.17, 15) is 0 Å². The van der Waals surface area contributed by atoms with E-state index in [0.717, 1.165) is 28.4 Å². The van der Waals surface area contributed by atoms with Crippen LogP contribution in [0.25, 0.3) is 0 Å². The number of hydrogen-bond acceptors (Lipinski definition) is 4. The Morgan fingerprint density at radius 2 is 2.10 bits per heavy atom. The topological polar surface area (TPSA) is 60.2 Å². The summed E-state index contributed by atoms with van der Waals surface area (Å²) in [6.45, 7) is 2.54. The molecule has 0 aliphatic heterocycles. The number of rotatable bonds is 5. The van der Waals surface area contributed by atoms with E-state index in [1.54, 1.807) is 7.11 Å². The van der Waals surface area contributed by atoms with Gasteiger partial charge in [0.25, 0.3) is 0 Å². The third kappa shape index (κ3) is 3.45. The summed E-state index contributed by atoms with van der Waals surface area (Å²) in [6, 6.07) is 11.6. The van der Waals surface area contributed by atoms with Crippen molar-refractivity contribution in [1.29, 1.82) is 0 Å². The summed E-state index contributed by atoms with van der Waals surface area (Å²) in [7, 11) is 1.66. The number of nitrogens with one attached hydrogen (secondary N) is 1. The van der Waals surface area contributed by atoms with E-state index in [4.69, 9.17) is 22.7 Å². The smallest absolute Gasteiger partial charge is 0.127 e. The Bertz CT molecular complexity index is 628. The molecule has 3 N–H and O–H groups in total. The molecule has 0 bridgehead atoms. The zero-order valence-corrected chi connectivity index (χ0v) is 12.3. The molecule has 4 nitrogen and oxygen atoms in total. The van der Waals surface area contributed by atoms with Crippen molar-refractivity contribution in [3.63, 3.8) is 0 Å². The highest BCUT2D eigenvalue weighted by Crippen LogP contribution is 2.19. The number of ether oxygens (including phenoxy) is 1. The third-order valence-corrected chi connectivity index (χ3v) is 3.13. The van der Waals surface area contributed by atoms with Gasteiger partial charge in [0.15, 0.2) is 0 Å². The average Bonchev–Trinajstić information content (AvgIpc) is 2.44. The van der Waals surface area contributed by atoms with Crippen molar-refractivity contribution in [2.24, 2.45) is 5.73 Å². The summed E-state index contributed by atoms with van der Waals surface area (Å²) in [5.41, 5.74) is 8.41. The molecular weight excluding hydrogens is 270 g/mol. The molecule has 0 amide bonds. The van der Waals surface area contributed by atoms with Gasteiger partial charge in [0.05, 0.1) is 7.11 Å². The fourth-order valence-electron chi connectivity index (χ4n) is 1.94. The number of thiocarbonyl (C=S) groups is 1. The lowest BCUT2D eigenvalue weighted by Crippen LogP contribution is -2.11. The number of anilines is 1. The van der Waals surface area contributed by atoms with Crippen LogP contribution in [-0.2, 0) is 6.54 Å². The molecule has 5 heteroatoms. The third-order valence-electron chi connectivity index (χ3n) is 2.89. The minimum absolute atomic E-state index is 0.371. The molecule has 0 aliphatic rings. The molecule has 0 fully saturated rings. The molecule has 1 heterocycles. The number of hydrogen-bond donors (Lipinski definition) is 2. The van der Waals surface area contributed by atoms with E-state index >= 15 is 0 Å². The maximum Gasteiger partial charge on any atom is 0.127 e. The monoisotopic (exact) mass is 287 g/mol. The van der Waals surface area contributed by atoms with E-state index in [2.05, 4.69) is 10.3 Å². The van der Waals surface area contributed by atoms with Crippen molar-refractivity contribution >= 4 is 23.0 Å². The van der Waals surface area contributed by atoms with Gasteiger partial charge in [0.1, 0.15) is 16.6 Å². The van der Waals surface area contributed by atoms with Crippen LogP contribution >= 0.6 is 12.2 Å². The van der Waals surface area contributed by atoms with E-state index < -0.39 is 0 Å². The lowest BCUT2D eigenvalue weighted by atomic mass is 10.2. The van der Waals surface area contributed by atoms with Crippen LogP contribution in [0.4, 0.5) is 5.82 Å². The Morgan fingerprint density at radius 3 is 2.80 bits per heavy atom. The molecule has 2 aromatic rings. The number of benzene rings is 1. The first-order valence-electron chi connectivity index (χ1n) is 6.24. The van der Waals surface area contributed by atoms with Gasteiger partial charge in [-0.25, -0.2) is 4.98 Å². The van der Waals surface area contributed by atoms with Crippen LogP contribution in [0.3, 0.4) is 0 Å². The van der Waals surface area contributed by atoms with Crippen LogP contribution in [0.15, 0.2) is 36.4 Å². The SMILES string of the molecule is COc1ccccc1CNc1cc(C(N)=S)cc(C)n1. The second-order valence-electron chi connectivity index (χ2n) is 4.41. The zero-order valence-electron chi connectivity index (χ0n) is 11.5. The fourth-order valence-corrected chi connectivity index (χ4v) is 2.05. The molecule has 0 saturated carbocycles. The first-order valence-corrected chi connectivity index (χ1v) is 6.65. The Balaban J connectivity index is 2.16. The van der Waals surface area contributed by atoms with Crippen LogP contribution in [0, 0.1) is 6.92 Å². The number of para-hydroxylation sites is 1. The molecule has 0 radical (unpaired) electrons. The van der Waals surface area contributed by atoms with Crippen molar-refractivity contribution in [3.05, 3.63) is 53.2 Å². The molecule has 0 atom stereocenters. The minimum Gasteiger partial charge on any atom is -0.496 e. The van der Waals surface area contributed by atoms with Crippen molar-refractivity contribution in [2.75, 3.05) is 12.4 Å². The summed E-state index contributed by atoms with van der Waals surface area (Å²) >= 11 is 5.00. The Kier molecular flexibility index (Phi) is 4.53. The maximum atomic E-state index is 5.66. The number of aromatic nitrogens is 1. The number of aryl methyl sites for hydroxylation is 1. The fraction of sp³-hybridized carbons (Fsp3) is 0.200. The summed E-state index contributed by atoms with van der Waals surface area (Å²) in [5, 5.41) is 3.27. The quantitative estimate of drug-likeness (QED) is 0.828. The van der Waals surface area contributed by atoms with Crippen molar-refractivity contribution < 1.29 is 4.74 Å². The predicted octanol–water partition coefficient (Wildman–Crippen LogP) is 2.64. The normalized spacial score (nSPS) is 10.1. The molecule has 104 valence electrons. The molecular formula is C15H17N3OS. The summed E-state index contributed by atoms with van der Waals surface area (Å²) in [5.74, 6) is 1.60. The second kappa shape index (κ2) is 6.34. The number of nitrogens with zero attached hydrogens (tertiary/aromatic N) is 1. The zero-order chi connectivity index (χ0) is 14.5. The van der Waals surface area contributed by atoms with E-state index in [0.29, 0.717) is 11.5 Å². The Labute approximate surface area is 124 Å². The lowest BCUT2D eigenvalue weighted by molar-refractivity contribution is 0.410. The minimum atomic E-state index is 0.371. The Hall–Kier alpha value is -2.14. The molecule has 0 saturated heterocycles. The standard InChI is InChI=1S/C15H17N3OS/c1-10-7-12(15(16)20)8-14(18-10)17-9-11-5-3-4-6-13(11)19-2/h3-8H,9H2,1-2H3,(H2,16,20)(H,17,18). The predicted molar refractivity (Wildman–Crippen MR) is 85.2 cm³/mol. The lowest BCUT2D eigenvalue weighted by Gasteiger charge is -2.11. The van der Waals surface area contributed by atoms with Crippen molar-refractivity contribution in [1.82, 2.24) is 4.98 Å². The molecule has 0 unspecified atom stereocenters. The van der Waals surface area contributed by atoms with Gasteiger partial charge in [-0.15, -0.1) is 0 Å². The largest absolute Gasteiger partial charge is 0.496 e. The van der Waals surface area contributed by atoms with Crippen molar-refractivity contribution in [2.45, 2.75) is 13.5 Å². The highest BCUT2D eigenvalue weighted by molar-refractivity contribution is 7.80. The van der Waals surface area contributed by atoms with Gasteiger partial charge in [-0.2, -0.15) is 0 Å². The summed E-state index contributed by atoms with van der Waals surface area (Å²) in [6.07, 6.45) is 0. The van der Waals surface area contributed by atoms with Crippen LogP contribution in [0.2, 0.25) is 0 Å². The highest BCUT2D eigenvalue weighted by atomic mass is 32.1.